The van der Waals surface area contributed by atoms with Crippen LogP contribution in [-0.4, -0.2) is 54.2 Å². The minimum absolute atomic E-state index is 0.0195. The maximum absolute atomic E-state index is 12.8. The highest BCUT2D eigenvalue weighted by molar-refractivity contribution is 6.22. The van der Waals surface area contributed by atoms with E-state index in [2.05, 4.69) is 11.8 Å². The number of fused-ring (bicyclic) bond motifs is 3. The lowest BCUT2D eigenvalue weighted by atomic mass is 10.0. The van der Waals surface area contributed by atoms with Crippen molar-refractivity contribution in [2.24, 2.45) is 0 Å². The Morgan fingerprint density at radius 2 is 1.58 bits per heavy atom. The van der Waals surface area contributed by atoms with Gasteiger partial charge in [0.25, 0.3) is 5.91 Å². The fraction of sp³-hybridized carbons (Fsp3) is 0.300. The van der Waals surface area contributed by atoms with Crippen LogP contribution in [0.25, 0.3) is 11.1 Å². The third kappa shape index (κ3) is 2.34. The molecule has 4 rings (SSSR count). The van der Waals surface area contributed by atoms with Gasteiger partial charge in [-0.05, 0) is 29.8 Å². The molecular weight excluding hydrogens is 300 g/mol. The van der Waals surface area contributed by atoms with Gasteiger partial charge in [-0.2, -0.15) is 0 Å². The quantitative estimate of drug-likeness (QED) is 0.729. The average molecular weight is 320 g/mol. The number of carbonyl (C=O) groups excluding carboxylic acids is 2. The predicted octanol–water partition coefficient (Wildman–Crippen LogP) is 2.68. The molecule has 0 unspecified atom stereocenters. The molecule has 1 amide bonds. The smallest absolute Gasteiger partial charge is 0.253 e. The third-order valence-electron chi connectivity index (χ3n) is 5.08. The SMILES string of the molecule is CCN1CCN(C(=O)c2ccc3c(c2)C(=O)c2ccccc2-3)CC1. The van der Waals surface area contributed by atoms with E-state index in [1.54, 1.807) is 6.07 Å². The molecule has 1 saturated heterocycles. The van der Waals surface area contributed by atoms with Gasteiger partial charge in [-0.25, -0.2) is 0 Å². The van der Waals surface area contributed by atoms with Gasteiger partial charge in [0.1, 0.15) is 0 Å². The zero-order chi connectivity index (χ0) is 16.7. The standard InChI is InChI=1S/C20H20N2O2/c1-2-21-9-11-22(12-10-21)20(24)14-7-8-16-15-5-3-4-6-17(15)19(23)18(16)13-14/h3-8,13H,2,9-12H2,1H3. The third-order valence-corrected chi connectivity index (χ3v) is 5.08. The maximum Gasteiger partial charge on any atom is 0.253 e. The second-order valence-electron chi connectivity index (χ2n) is 6.36. The molecule has 0 aromatic heterocycles. The van der Waals surface area contributed by atoms with Gasteiger partial charge in [0.15, 0.2) is 5.78 Å². The summed E-state index contributed by atoms with van der Waals surface area (Å²) in [5.41, 5.74) is 3.89. The van der Waals surface area contributed by atoms with Crippen LogP contribution in [0, 0.1) is 0 Å². The van der Waals surface area contributed by atoms with Gasteiger partial charge in [-0.15, -0.1) is 0 Å². The zero-order valence-electron chi connectivity index (χ0n) is 13.8. The van der Waals surface area contributed by atoms with Crippen molar-refractivity contribution in [1.82, 2.24) is 9.80 Å². The molecular formula is C20H20N2O2. The largest absolute Gasteiger partial charge is 0.336 e. The highest BCUT2D eigenvalue weighted by Gasteiger charge is 2.28. The van der Waals surface area contributed by atoms with Crippen molar-refractivity contribution >= 4 is 11.7 Å². The van der Waals surface area contributed by atoms with E-state index in [9.17, 15) is 9.59 Å². The van der Waals surface area contributed by atoms with Crippen molar-refractivity contribution in [3.63, 3.8) is 0 Å². The number of likely N-dealkylation sites (N-methyl/N-ethyl adjacent to an activating group) is 1. The lowest BCUT2D eigenvalue weighted by Crippen LogP contribution is -2.48. The van der Waals surface area contributed by atoms with Crippen molar-refractivity contribution in [3.05, 3.63) is 59.2 Å². The first-order valence-electron chi connectivity index (χ1n) is 8.49. The Kier molecular flexibility index (Phi) is 3.69. The van der Waals surface area contributed by atoms with E-state index in [1.807, 2.05) is 41.3 Å². The Hall–Kier alpha value is -2.46. The number of nitrogens with zero attached hydrogens (tertiary/aromatic N) is 2. The molecule has 2 aliphatic rings. The van der Waals surface area contributed by atoms with Crippen molar-refractivity contribution < 1.29 is 9.59 Å². The summed E-state index contributed by atoms with van der Waals surface area (Å²) < 4.78 is 0. The minimum atomic E-state index is 0.0195. The molecule has 122 valence electrons. The van der Waals surface area contributed by atoms with Crippen molar-refractivity contribution in [2.75, 3.05) is 32.7 Å². The monoisotopic (exact) mass is 320 g/mol. The van der Waals surface area contributed by atoms with Crippen LogP contribution < -0.4 is 0 Å². The summed E-state index contributed by atoms with van der Waals surface area (Å²) in [6.45, 7) is 6.49. The van der Waals surface area contributed by atoms with Crippen LogP contribution >= 0.6 is 0 Å². The molecule has 4 heteroatoms. The number of rotatable bonds is 2. The first-order chi connectivity index (χ1) is 11.7. The van der Waals surface area contributed by atoms with E-state index in [4.69, 9.17) is 0 Å². The number of hydrogen-bond acceptors (Lipinski definition) is 3. The number of hydrogen-bond donors (Lipinski definition) is 0. The molecule has 4 nitrogen and oxygen atoms in total. The molecule has 0 spiro atoms. The van der Waals surface area contributed by atoms with E-state index < -0.39 is 0 Å². The number of carbonyl (C=O) groups is 2. The van der Waals surface area contributed by atoms with E-state index >= 15 is 0 Å². The Balaban J connectivity index is 1.61. The highest BCUT2D eigenvalue weighted by atomic mass is 16.2. The fourth-order valence-electron chi connectivity index (χ4n) is 3.61. The second-order valence-corrected chi connectivity index (χ2v) is 6.36. The van der Waals surface area contributed by atoms with Crippen LogP contribution in [-0.2, 0) is 0 Å². The van der Waals surface area contributed by atoms with Crippen LogP contribution in [0.15, 0.2) is 42.5 Å². The summed E-state index contributed by atoms with van der Waals surface area (Å²) in [7, 11) is 0. The lowest BCUT2D eigenvalue weighted by molar-refractivity contribution is 0.0643. The summed E-state index contributed by atoms with van der Waals surface area (Å²) in [6, 6.07) is 13.2. The molecule has 2 aromatic carbocycles. The highest BCUT2D eigenvalue weighted by Crippen LogP contribution is 2.36. The Bertz CT molecular complexity index is 820. The topological polar surface area (TPSA) is 40.6 Å². The van der Waals surface area contributed by atoms with Crippen LogP contribution in [0.1, 0.15) is 33.2 Å². The first kappa shape index (κ1) is 15.1. The van der Waals surface area contributed by atoms with Gasteiger partial charge >= 0.3 is 0 Å². The molecule has 1 aliphatic carbocycles. The minimum Gasteiger partial charge on any atom is -0.336 e. The molecule has 2 aromatic rings. The second kappa shape index (κ2) is 5.87. The molecule has 1 fully saturated rings. The molecule has 1 aliphatic heterocycles. The molecule has 0 saturated carbocycles. The molecule has 24 heavy (non-hydrogen) atoms. The molecule has 0 radical (unpaired) electrons. The van der Waals surface area contributed by atoms with E-state index in [1.165, 1.54) is 0 Å². The van der Waals surface area contributed by atoms with Crippen molar-refractivity contribution in [3.8, 4) is 11.1 Å². The lowest BCUT2D eigenvalue weighted by Gasteiger charge is -2.34. The van der Waals surface area contributed by atoms with E-state index in [0.717, 1.165) is 49.4 Å². The zero-order valence-corrected chi connectivity index (χ0v) is 13.8. The summed E-state index contributed by atoms with van der Waals surface area (Å²) in [5.74, 6) is 0.0448. The van der Waals surface area contributed by atoms with Crippen molar-refractivity contribution in [1.29, 1.82) is 0 Å². The van der Waals surface area contributed by atoms with Crippen LogP contribution in [0.2, 0.25) is 0 Å². The van der Waals surface area contributed by atoms with Gasteiger partial charge in [0, 0.05) is 42.9 Å². The van der Waals surface area contributed by atoms with Gasteiger partial charge in [-0.1, -0.05) is 37.3 Å². The normalized spacial score (nSPS) is 16.9. The van der Waals surface area contributed by atoms with Gasteiger partial charge < -0.3 is 9.80 Å². The Labute approximate surface area is 141 Å². The number of benzene rings is 2. The summed E-state index contributed by atoms with van der Waals surface area (Å²) >= 11 is 0. The summed E-state index contributed by atoms with van der Waals surface area (Å²) in [5, 5.41) is 0. The van der Waals surface area contributed by atoms with Gasteiger partial charge in [-0.3, -0.25) is 9.59 Å². The molecule has 0 atom stereocenters. The summed E-state index contributed by atoms with van der Waals surface area (Å²) in [4.78, 5) is 29.6. The number of piperazine rings is 1. The predicted molar refractivity (Wildman–Crippen MR) is 93.3 cm³/mol. The molecule has 1 heterocycles. The number of amides is 1. The van der Waals surface area contributed by atoms with E-state index in [-0.39, 0.29) is 11.7 Å². The Morgan fingerprint density at radius 1 is 0.917 bits per heavy atom. The van der Waals surface area contributed by atoms with Crippen molar-refractivity contribution in [2.45, 2.75) is 6.92 Å². The van der Waals surface area contributed by atoms with E-state index in [0.29, 0.717) is 11.1 Å². The average Bonchev–Trinajstić information content (AvgIpc) is 2.94. The maximum atomic E-state index is 12.8. The van der Waals surface area contributed by atoms with Crippen LogP contribution in [0.5, 0.6) is 0 Å². The van der Waals surface area contributed by atoms with Gasteiger partial charge in [0.05, 0.1) is 0 Å². The molecule has 0 bridgehead atoms. The van der Waals surface area contributed by atoms with Gasteiger partial charge in [0.2, 0.25) is 0 Å². The molecule has 0 N–H and O–H groups in total. The Morgan fingerprint density at radius 3 is 2.29 bits per heavy atom. The van der Waals surface area contributed by atoms with Crippen LogP contribution in [0.4, 0.5) is 0 Å². The van der Waals surface area contributed by atoms with Crippen LogP contribution in [0.3, 0.4) is 0 Å². The summed E-state index contributed by atoms with van der Waals surface area (Å²) in [6.07, 6.45) is 0. The first-order valence-corrected chi connectivity index (χ1v) is 8.49. The fourth-order valence-corrected chi connectivity index (χ4v) is 3.61. The number of ketones is 1.